The Balaban J connectivity index is 2.19. The molecule has 1 fully saturated rings. The minimum atomic E-state index is -0.803. The van der Waals surface area contributed by atoms with Gasteiger partial charge in [-0.2, -0.15) is 0 Å². The van der Waals surface area contributed by atoms with Crippen LogP contribution in [0.2, 0.25) is 5.02 Å². The molecular formula is C21H22ClNO5. The van der Waals surface area contributed by atoms with Crippen molar-refractivity contribution in [1.29, 1.82) is 0 Å². The van der Waals surface area contributed by atoms with Crippen molar-refractivity contribution in [3.8, 4) is 5.75 Å². The van der Waals surface area contributed by atoms with Gasteiger partial charge in [0.2, 0.25) is 0 Å². The van der Waals surface area contributed by atoms with Gasteiger partial charge in [-0.05, 0) is 43.7 Å². The lowest BCUT2D eigenvalue weighted by Gasteiger charge is -2.23. The van der Waals surface area contributed by atoms with Gasteiger partial charge in [0.15, 0.2) is 0 Å². The number of ether oxygens (including phenoxy) is 1. The van der Waals surface area contributed by atoms with E-state index in [9.17, 15) is 14.7 Å². The number of rotatable bonds is 6. The van der Waals surface area contributed by atoms with Crippen molar-refractivity contribution in [1.82, 2.24) is 4.90 Å². The molecule has 1 aliphatic heterocycles. The summed E-state index contributed by atoms with van der Waals surface area (Å²) in [7, 11) is 1.49. The van der Waals surface area contributed by atoms with E-state index in [4.69, 9.17) is 20.8 Å². The monoisotopic (exact) mass is 403 g/mol. The van der Waals surface area contributed by atoms with Crippen LogP contribution in [0.5, 0.6) is 5.75 Å². The molecular weight excluding hydrogens is 382 g/mol. The third-order valence-electron chi connectivity index (χ3n) is 4.75. The number of ketones is 1. The van der Waals surface area contributed by atoms with Gasteiger partial charge in [-0.1, -0.05) is 24.9 Å². The minimum absolute atomic E-state index is 0.0365. The second-order valence-corrected chi connectivity index (χ2v) is 7.05. The van der Waals surface area contributed by atoms with Crippen molar-refractivity contribution in [3.63, 3.8) is 0 Å². The van der Waals surface area contributed by atoms with Crippen LogP contribution < -0.4 is 4.74 Å². The molecule has 1 aromatic heterocycles. The van der Waals surface area contributed by atoms with Gasteiger partial charge in [0, 0.05) is 12.1 Å². The van der Waals surface area contributed by atoms with Crippen molar-refractivity contribution < 1.29 is 23.8 Å². The number of unbranched alkanes of at least 4 members (excludes halogenated alkanes) is 1. The molecule has 1 amide bonds. The zero-order valence-corrected chi connectivity index (χ0v) is 16.7. The standard InChI is InChI=1S/C21H22ClNO5/c1-4-5-10-23-18(16-9-6-12(2)28-16)17(20(25)21(23)26)19(24)14-11-13(27-3)7-8-15(14)22/h6-9,11,18,24H,4-5,10H2,1-3H3/b19-17+. The van der Waals surface area contributed by atoms with E-state index in [1.54, 1.807) is 31.2 Å². The fraction of sp³-hybridized carbons (Fsp3) is 0.333. The number of aryl methyl sites for hydroxylation is 1. The number of methoxy groups -OCH3 is 1. The Morgan fingerprint density at radius 3 is 2.64 bits per heavy atom. The highest BCUT2D eigenvalue weighted by Gasteiger charge is 2.47. The van der Waals surface area contributed by atoms with Crippen LogP contribution in [0.1, 0.15) is 42.9 Å². The first-order chi connectivity index (χ1) is 13.4. The van der Waals surface area contributed by atoms with E-state index in [-0.39, 0.29) is 21.9 Å². The average molecular weight is 404 g/mol. The first-order valence-electron chi connectivity index (χ1n) is 9.07. The smallest absolute Gasteiger partial charge is 0.295 e. The quantitative estimate of drug-likeness (QED) is 0.437. The van der Waals surface area contributed by atoms with E-state index in [2.05, 4.69) is 0 Å². The molecule has 1 aliphatic rings. The molecule has 28 heavy (non-hydrogen) atoms. The van der Waals surface area contributed by atoms with Crippen LogP contribution >= 0.6 is 11.6 Å². The van der Waals surface area contributed by atoms with E-state index in [0.29, 0.717) is 23.8 Å². The Labute approximate surface area is 168 Å². The topological polar surface area (TPSA) is 80.0 Å². The van der Waals surface area contributed by atoms with Crippen LogP contribution in [0, 0.1) is 6.92 Å². The second-order valence-electron chi connectivity index (χ2n) is 6.64. The van der Waals surface area contributed by atoms with E-state index in [1.807, 2.05) is 6.92 Å². The summed E-state index contributed by atoms with van der Waals surface area (Å²) in [5.74, 6) is -0.222. The summed E-state index contributed by atoms with van der Waals surface area (Å²) in [6, 6.07) is 7.41. The zero-order chi connectivity index (χ0) is 20.4. The lowest BCUT2D eigenvalue weighted by Crippen LogP contribution is -2.30. The van der Waals surface area contributed by atoms with Crippen LogP contribution in [0.15, 0.2) is 40.3 Å². The Hall–Kier alpha value is -2.73. The van der Waals surface area contributed by atoms with Crippen molar-refractivity contribution in [2.75, 3.05) is 13.7 Å². The Morgan fingerprint density at radius 1 is 1.29 bits per heavy atom. The number of likely N-dealkylation sites (tertiary alicyclic amines) is 1. The molecule has 1 aromatic carbocycles. The van der Waals surface area contributed by atoms with Crippen molar-refractivity contribution in [2.24, 2.45) is 0 Å². The third kappa shape index (κ3) is 3.52. The van der Waals surface area contributed by atoms with E-state index < -0.39 is 17.7 Å². The Bertz CT molecular complexity index is 946. The van der Waals surface area contributed by atoms with Crippen molar-refractivity contribution in [3.05, 3.63) is 58.0 Å². The second kappa shape index (κ2) is 8.10. The fourth-order valence-electron chi connectivity index (χ4n) is 3.29. The molecule has 2 aromatic rings. The molecule has 1 saturated heterocycles. The van der Waals surface area contributed by atoms with E-state index in [0.717, 1.165) is 12.8 Å². The minimum Gasteiger partial charge on any atom is -0.507 e. The molecule has 7 heteroatoms. The number of hydrogen-bond acceptors (Lipinski definition) is 5. The van der Waals surface area contributed by atoms with Crippen molar-refractivity contribution in [2.45, 2.75) is 32.7 Å². The van der Waals surface area contributed by atoms with Gasteiger partial charge < -0.3 is 19.2 Å². The predicted octanol–water partition coefficient (Wildman–Crippen LogP) is 4.47. The van der Waals surface area contributed by atoms with Crippen LogP contribution in [0.4, 0.5) is 0 Å². The number of amides is 1. The maximum absolute atomic E-state index is 12.8. The first kappa shape index (κ1) is 20.0. The van der Waals surface area contributed by atoms with Gasteiger partial charge in [-0.25, -0.2) is 0 Å². The van der Waals surface area contributed by atoms with Gasteiger partial charge in [-0.3, -0.25) is 9.59 Å². The van der Waals surface area contributed by atoms with Gasteiger partial charge in [0.05, 0.1) is 17.7 Å². The normalized spacial score (nSPS) is 18.7. The number of furan rings is 1. The molecule has 6 nitrogen and oxygen atoms in total. The molecule has 0 aliphatic carbocycles. The lowest BCUT2D eigenvalue weighted by atomic mass is 9.99. The van der Waals surface area contributed by atoms with Gasteiger partial charge in [0.1, 0.15) is 29.1 Å². The average Bonchev–Trinajstić information content (AvgIpc) is 3.21. The molecule has 148 valence electrons. The molecule has 0 saturated carbocycles. The highest BCUT2D eigenvalue weighted by molar-refractivity contribution is 6.46. The number of hydrogen-bond donors (Lipinski definition) is 1. The van der Waals surface area contributed by atoms with Crippen LogP contribution in [-0.2, 0) is 9.59 Å². The Morgan fingerprint density at radius 2 is 2.04 bits per heavy atom. The highest BCUT2D eigenvalue weighted by Crippen LogP contribution is 2.41. The number of benzene rings is 1. The van der Waals surface area contributed by atoms with Crippen molar-refractivity contribution >= 4 is 29.1 Å². The maximum Gasteiger partial charge on any atom is 0.295 e. The highest BCUT2D eigenvalue weighted by atomic mass is 35.5. The maximum atomic E-state index is 12.8. The number of aliphatic hydroxyl groups excluding tert-OH is 1. The molecule has 3 rings (SSSR count). The number of carbonyl (C=O) groups excluding carboxylic acids is 2. The van der Waals surface area contributed by atoms with Gasteiger partial charge >= 0.3 is 0 Å². The first-order valence-corrected chi connectivity index (χ1v) is 9.45. The summed E-state index contributed by atoms with van der Waals surface area (Å²) in [5.41, 5.74) is 0.188. The fourth-order valence-corrected chi connectivity index (χ4v) is 3.50. The van der Waals surface area contributed by atoms with Crippen LogP contribution in [0.25, 0.3) is 5.76 Å². The number of aliphatic hydroxyl groups is 1. The molecule has 2 heterocycles. The summed E-state index contributed by atoms with van der Waals surface area (Å²) >= 11 is 6.25. The Kier molecular flexibility index (Phi) is 5.79. The number of carbonyl (C=O) groups is 2. The van der Waals surface area contributed by atoms with Crippen LogP contribution in [0.3, 0.4) is 0 Å². The van der Waals surface area contributed by atoms with E-state index in [1.165, 1.54) is 18.1 Å². The number of Topliss-reactive ketones (excluding diaryl/α,β-unsaturated/α-hetero) is 1. The third-order valence-corrected chi connectivity index (χ3v) is 5.08. The molecule has 1 N–H and O–H groups in total. The molecule has 1 unspecified atom stereocenters. The number of halogens is 1. The lowest BCUT2D eigenvalue weighted by molar-refractivity contribution is -0.140. The molecule has 0 bridgehead atoms. The predicted molar refractivity (Wildman–Crippen MR) is 105 cm³/mol. The summed E-state index contributed by atoms with van der Waals surface area (Å²) in [5, 5.41) is 11.2. The summed E-state index contributed by atoms with van der Waals surface area (Å²) in [6.45, 7) is 4.16. The summed E-state index contributed by atoms with van der Waals surface area (Å²) in [6.07, 6.45) is 1.58. The molecule has 1 atom stereocenters. The van der Waals surface area contributed by atoms with Gasteiger partial charge in [0.25, 0.3) is 11.7 Å². The zero-order valence-electron chi connectivity index (χ0n) is 16.0. The number of nitrogens with zero attached hydrogens (tertiary/aromatic N) is 1. The summed E-state index contributed by atoms with van der Waals surface area (Å²) < 4.78 is 10.9. The van der Waals surface area contributed by atoms with Gasteiger partial charge in [-0.15, -0.1) is 0 Å². The molecule has 0 spiro atoms. The SMILES string of the molecule is CCCCN1C(=O)C(=O)/C(=C(/O)c2cc(OC)ccc2Cl)C1c1ccc(C)o1. The van der Waals surface area contributed by atoms with Crippen LogP contribution in [-0.4, -0.2) is 35.4 Å². The van der Waals surface area contributed by atoms with E-state index >= 15 is 0 Å². The molecule has 0 radical (unpaired) electrons. The summed E-state index contributed by atoms with van der Waals surface area (Å²) in [4.78, 5) is 27.0. The largest absolute Gasteiger partial charge is 0.507 e.